The Morgan fingerprint density at radius 3 is 2.78 bits per heavy atom. The Balaban J connectivity index is 1.16. The van der Waals surface area contributed by atoms with E-state index in [9.17, 15) is 9.59 Å². The smallest absolute Gasteiger partial charge is 0.258 e. The molecule has 3 heterocycles. The van der Waals surface area contributed by atoms with Gasteiger partial charge in [0.05, 0.1) is 11.2 Å². The average Bonchev–Trinajstić information content (AvgIpc) is 3.62. The zero-order chi connectivity index (χ0) is 24.6. The van der Waals surface area contributed by atoms with Gasteiger partial charge in [0.2, 0.25) is 5.91 Å². The summed E-state index contributed by atoms with van der Waals surface area (Å²) in [5.74, 6) is -0.190. The molecule has 0 saturated carbocycles. The number of hydrogen-bond acceptors (Lipinski definition) is 6. The van der Waals surface area contributed by atoms with Gasteiger partial charge in [-0.1, -0.05) is 41.6 Å². The standard InChI is InChI=1S/C27H22N6O2S/c1-17-6-2-3-7-20(17)26(35)32-13-12-19-14-18(10-11-23(19)32)22-16-36-27(28-22)29-25(34)15-33-24-9-5-4-8-21(24)30-31-33/h2-11,14,16H,12-13,15H2,1H3,(H,28,29,34). The highest BCUT2D eigenvalue weighted by atomic mass is 32.1. The van der Waals surface area contributed by atoms with Gasteiger partial charge in [-0.15, -0.1) is 16.4 Å². The Morgan fingerprint density at radius 1 is 1.06 bits per heavy atom. The van der Waals surface area contributed by atoms with Gasteiger partial charge in [0.15, 0.2) is 5.13 Å². The Bertz CT molecular complexity index is 1620. The molecular weight excluding hydrogens is 472 g/mol. The molecule has 2 amide bonds. The van der Waals surface area contributed by atoms with Crippen LogP contribution in [0.1, 0.15) is 21.5 Å². The van der Waals surface area contributed by atoms with E-state index in [-0.39, 0.29) is 18.4 Å². The van der Waals surface area contributed by atoms with Crippen LogP contribution in [-0.4, -0.2) is 38.3 Å². The fourth-order valence-electron chi connectivity index (χ4n) is 4.52. The number of nitrogens with one attached hydrogen (secondary N) is 1. The van der Waals surface area contributed by atoms with Crippen LogP contribution in [0, 0.1) is 6.92 Å². The van der Waals surface area contributed by atoms with E-state index in [1.165, 1.54) is 11.3 Å². The van der Waals surface area contributed by atoms with Crippen LogP contribution in [0.4, 0.5) is 10.8 Å². The summed E-state index contributed by atoms with van der Waals surface area (Å²) in [5, 5.41) is 13.5. The van der Waals surface area contributed by atoms with Crippen LogP contribution in [0.25, 0.3) is 22.3 Å². The maximum Gasteiger partial charge on any atom is 0.258 e. The first kappa shape index (κ1) is 22.1. The van der Waals surface area contributed by atoms with Crippen molar-refractivity contribution in [3.05, 3.63) is 88.8 Å². The number of fused-ring (bicyclic) bond motifs is 2. The molecule has 0 fully saturated rings. The van der Waals surface area contributed by atoms with E-state index in [1.54, 1.807) is 4.68 Å². The fourth-order valence-corrected chi connectivity index (χ4v) is 5.26. The van der Waals surface area contributed by atoms with E-state index in [0.717, 1.165) is 51.1 Å². The Hall–Kier alpha value is -4.37. The quantitative estimate of drug-likeness (QED) is 0.382. The molecule has 1 aliphatic heterocycles. The van der Waals surface area contributed by atoms with Gasteiger partial charge in [0.25, 0.3) is 5.91 Å². The van der Waals surface area contributed by atoms with Gasteiger partial charge in [0, 0.05) is 28.7 Å². The van der Waals surface area contributed by atoms with Crippen LogP contribution in [0.15, 0.2) is 72.1 Å². The SMILES string of the molecule is Cc1ccccc1C(=O)N1CCc2cc(-c3csc(NC(=O)Cn4nnc5ccccc54)n3)ccc21. The van der Waals surface area contributed by atoms with E-state index in [1.807, 2.05) is 77.9 Å². The maximum absolute atomic E-state index is 13.1. The second-order valence-corrected chi connectivity index (χ2v) is 9.55. The number of thiazole rings is 1. The lowest BCUT2D eigenvalue weighted by atomic mass is 10.1. The number of aryl methyl sites for hydroxylation is 1. The van der Waals surface area contributed by atoms with E-state index in [4.69, 9.17) is 0 Å². The molecule has 3 aromatic carbocycles. The average molecular weight is 495 g/mol. The summed E-state index contributed by atoms with van der Waals surface area (Å²) >= 11 is 1.37. The number of rotatable bonds is 5. The highest BCUT2D eigenvalue weighted by molar-refractivity contribution is 7.14. The predicted octanol–water partition coefficient (Wildman–Crippen LogP) is 4.70. The molecule has 5 aromatic rings. The first-order valence-electron chi connectivity index (χ1n) is 11.6. The molecule has 6 rings (SSSR count). The largest absolute Gasteiger partial charge is 0.308 e. The molecule has 0 spiro atoms. The van der Waals surface area contributed by atoms with Gasteiger partial charge in [-0.2, -0.15) is 0 Å². The second-order valence-electron chi connectivity index (χ2n) is 8.69. The molecule has 0 unspecified atom stereocenters. The normalized spacial score (nSPS) is 12.6. The van der Waals surface area contributed by atoms with E-state index < -0.39 is 0 Å². The molecule has 0 bridgehead atoms. The van der Waals surface area contributed by atoms with E-state index in [0.29, 0.717) is 11.7 Å². The zero-order valence-electron chi connectivity index (χ0n) is 19.5. The molecule has 8 nitrogen and oxygen atoms in total. The Labute approximate surface area is 211 Å². The van der Waals surface area contributed by atoms with Crippen molar-refractivity contribution < 1.29 is 9.59 Å². The third-order valence-corrected chi connectivity index (χ3v) is 7.11. The summed E-state index contributed by atoms with van der Waals surface area (Å²) in [5.41, 5.74) is 7.06. The van der Waals surface area contributed by atoms with Gasteiger partial charge >= 0.3 is 0 Å². The van der Waals surface area contributed by atoms with Crippen LogP contribution in [0.5, 0.6) is 0 Å². The molecule has 1 N–H and O–H groups in total. The number of amides is 2. The number of carbonyl (C=O) groups is 2. The number of aromatic nitrogens is 4. The molecule has 9 heteroatoms. The monoisotopic (exact) mass is 494 g/mol. The molecule has 0 atom stereocenters. The summed E-state index contributed by atoms with van der Waals surface area (Å²) in [4.78, 5) is 32.2. The van der Waals surface area contributed by atoms with Crippen molar-refractivity contribution in [2.24, 2.45) is 0 Å². The van der Waals surface area contributed by atoms with Crippen LogP contribution in [0.2, 0.25) is 0 Å². The van der Waals surface area contributed by atoms with Crippen molar-refractivity contribution in [1.82, 2.24) is 20.0 Å². The van der Waals surface area contributed by atoms with Gasteiger partial charge in [-0.3, -0.25) is 9.59 Å². The molecule has 0 aliphatic carbocycles. The molecular formula is C27H22N6O2S. The van der Waals surface area contributed by atoms with Gasteiger partial charge in [-0.25, -0.2) is 9.67 Å². The number of benzene rings is 3. The van der Waals surface area contributed by atoms with E-state index in [2.05, 4.69) is 26.7 Å². The predicted molar refractivity (Wildman–Crippen MR) is 140 cm³/mol. The van der Waals surface area contributed by atoms with Crippen LogP contribution < -0.4 is 10.2 Å². The molecule has 2 aromatic heterocycles. The molecule has 178 valence electrons. The van der Waals surface area contributed by atoms with Crippen molar-refractivity contribution in [3.63, 3.8) is 0 Å². The Morgan fingerprint density at radius 2 is 1.89 bits per heavy atom. The van der Waals surface area contributed by atoms with Gasteiger partial charge in [-0.05, 0) is 54.8 Å². The van der Waals surface area contributed by atoms with Crippen molar-refractivity contribution in [2.45, 2.75) is 19.9 Å². The number of para-hydroxylation sites is 1. The van der Waals surface area contributed by atoms with Crippen molar-refractivity contribution in [1.29, 1.82) is 0 Å². The van der Waals surface area contributed by atoms with Crippen LogP contribution in [-0.2, 0) is 17.8 Å². The third kappa shape index (κ3) is 4.03. The first-order chi connectivity index (χ1) is 17.6. The molecule has 1 aliphatic rings. The first-order valence-corrected chi connectivity index (χ1v) is 12.5. The number of hydrogen-bond donors (Lipinski definition) is 1. The highest BCUT2D eigenvalue weighted by Crippen LogP contribution is 2.34. The van der Waals surface area contributed by atoms with Crippen LogP contribution in [0.3, 0.4) is 0 Å². The summed E-state index contributed by atoms with van der Waals surface area (Å²) in [7, 11) is 0. The lowest BCUT2D eigenvalue weighted by molar-refractivity contribution is -0.116. The third-order valence-electron chi connectivity index (χ3n) is 6.36. The number of nitrogens with zero attached hydrogens (tertiary/aromatic N) is 5. The summed E-state index contributed by atoms with van der Waals surface area (Å²) in [6, 6.07) is 21.2. The van der Waals surface area contributed by atoms with Crippen molar-refractivity contribution >= 4 is 45.0 Å². The van der Waals surface area contributed by atoms with Gasteiger partial charge < -0.3 is 10.2 Å². The maximum atomic E-state index is 13.1. The zero-order valence-corrected chi connectivity index (χ0v) is 20.3. The summed E-state index contributed by atoms with van der Waals surface area (Å²) in [6.45, 7) is 2.67. The number of carbonyl (C=O) groups excluding carboxylic acids is 2. The second kappa shape index (κ2) is 9.01. The number of anilines is 2. The molecule has 0 radical (unpaired) electrons. The molecule has 36 heavy (non-hydrogen) atoms. The van der Waals surface area contributed by atoms with Crippen molar-refractivity contribution in [2.75, 3.05) is 16.8 Å². The minimum absolute atomic E-state index is 0.0263. The summed E-state index contributed by atoms with van der Waals surface area (Å²) in [6.07, 6.45) is 0.792. The fraction of sp³-hybridized carbons (Fsp3) is 0.148. The van der Waals surface area contributed by atoms with E-state index >= 15 is 0 Å². The minimum Gasteiger partial charge on any atom is -0.308 e. The summed E-state index contributed by atoms with van der Waals surface area (Å²) < 4.78 is 1.57. The lowest BCUT2D eigenvalue weighted by Gasteiger charge is -2.18. The highest BCUT2D eigenvalue weighted by Gasteiger charge is 2.26. The minimum atomic E-state index is -0.217. The lowest BCUT2D eigenvalue weighted by Crippen LogP contribution is -2.29. The van der Waals surface area contributed by atoms with Gasteiger partial charge in [0.1, 0.15) is 12.1 Å². The molecule has 0 saturated heterocycles. The Kier molecular flexibility index (Phi) is 5.54. The topological polar surface area (TPSA) is 93.0 Å². The van der Waals surface area contributed by atoms with Crippen molar-refractivity contribution in [3.8, 4) is 11.3 Å². The van der Waals surface area contributed by atoms with Crippen LogP contribution >= 0.6 is 11.3 Å².